The van der Waals surface area contributed by atoms with E-state index in [-0.39, 0.29) is 18.3 Å². The Morgan fingerprint density at radius 3 is 2.44 bits per heavy atom. The predicted octanol–water partition coefficient (Wildman–Crippen LogP) is 8.70. The summed E-state index contributed by atoms with van der Waals surface area (Å²) < 4.78 is 58.6. The lowest BCUT2D eigenvalue weighted by Gasteiger charge is -2.20. The van der Waals surface area contributed by atoms with Gasteiger partial charge in [0.05, 0.1) is 6.67 Å². The summed E-state index contributed by atoms with van der Waals surface area (Å²) in [6, 6.07) is 17.5. The van der Waals surface area contributed by atoms with E-state index in [1.54, 1.807) is 18.2 Å². The summed E-state index contributed by atoms with van der Waals surface area (Å²) in [6.07, 6.45) is -3.98. The molecule has 0 radical (unpaired) electrons. The van der Waals surface area contributed by atoms with Gasteiger partial charge in [-0.25, -0.2) is 0 Å². The number of allylic oxidation sites excluding steroid dienone is 1. The van der Waals surface area contributed by atoms with Crippen molar-refractivity contribution >= 4 is 34.3 Å². The molecule has 1 aliphatic carbocycles. The normalized spacial score (nSPS) is 18.8. The van der Waals surface area contributed by atoms with Crippen LogP contribution in [0.25, 0.3) is 11.1 Å². The van der Waals surface area contributed by atoms with Gasteiger partial charge in [-0.1, -0.05) is 59.6 Å². The van der Waals surface area contributed by atoms with E-state index in [0.717, 1.165) is 65.2 Å². The molecule has 1 saturated heterocycles. The minimum absolute atomic E-state index is 0.0280. The number of likely N-dealkylation sites (tertiary alicyclic amines) is 1. The van der Waals surface area contributed by atoms with Crippen LogP contribution < -0.4 is 4.74 Å². The first-order valence-corrected chi connectivity index (χ1v) is 14.5. The molecule has 41 heavy (non-hydrogen) atoms. The first kappa shape index (κ1) is 29.9. The van der Waals surface area contributed by atoms with Gasteiger partial charge in [-0.05, 0) is 95.3 Å². The van der Waals surface area contributed by atoms with Crippen molar-refractivity contribution in [1.82, 2.24) is 4.90 Å². The molecule has 0 saturated carbocycles. The fourth-order valence-corrected chi connectivity index (χ4v) is 6.29. The van der Waals surface area contributed by atoms with Gasteiger partial charge in [-0.3, -0.25) is 9.29 Å². The van der Waals surface area contributed by atoms with Gasteiger partial charge >= 0.3 is 6.18 Å². The lowest BCUT2D eigenvalue weighted by molar-refractivity contribution is -0.206. The van der Waals surface area contributed by atoms with E-state index in [1.165, 1.54) is 12.1 Å². The second-order valence-electron chi connectivity index (χ2n) is 10.6. The second kappa shape index (κ2) is 12.7. The van der Waals surface area contributed by atoms with Crippen LogP contribution in [0.4, 0.5) is 17.6 Å². The van der Waals surface area contributed by atoms with Gasteiger partial charge in [0.2, 0.25) is 0 Å². The summed E-state index contributed by atoms with van der Waals surface area (Å²) in [5.74, 6) is 0.718. The van der Waals surface area contributed by atoms with Crippen molar-refractivity contribution in [3.63, 3.8) is 0 Å². The Bertz CT molecular complexity index is 1410. The third kappa shape index (κ3) is 6.91. The Labute approximate surface area is 247 Å². The van der Waals surface area contributed by atoms with Crippen LogP contribution in [-0.2, 0) is 6.42 Å². The van der Waals surface area contributed by atoms with Gasteiger partial charge in [0.25, 0.3) is 0 Å². The van der Waals surface area contributed by atoms with Gasteiger partial charge in [0.1, 0.15) is 11.9 Å². The first-order chi connectivity index (χ1) is 19.6. The smallest absolute Gasteiger partial charge is 0.418 e. The molecule has 0 amide bonds. The number of ether oxygens (including phenoxy) is 1. The molecule has 0 unspecified atom stereocenters. The van der Waals surface area contributed by atoms with Gasteiger partial charge in [0, 0.05) is 29.7 Å². The topological polar surface area (TPSA) is 32.7 Å². The van der Waals surface area contributed by atoms with Crippen LogP contribution >= 0.6 is 23.2 Å². The number of aliphatic hydroxyl groups excluding tert-OH is 1. The molecule has 1 fully saturated rings. The third-order valence-corrected chi connectivity index (χ3v) is 8.29. The van der Waals surface area contributed by atoms with Crippen LogP contribution in [0.2, 0.25) is 10.0 Å². The summed E-state index contributed by atoms with van der Waals surface area (Å²) >= 11 is 12.8. The lowest BCUT2D eigenvalue weighted by atomic mass is 9.87. The zero-order valence-electron chi connectivity index (χ0n) is 22.4. The molecule has 218 valence electrons. The molecule has 9 heteroatoms. The van der Waals surface area contributed by atoms with Gasteiger partial charge < -0.3 is 9.84 Å². The summed E-state index contributed by atoms with van der Waals surface area (Å²) in [5, 5.41) is 10.9. The molecular weight excluding hydrogens is 577 g/mol. The monoisotopic (exact) mass is 607 g/mol. The van der Waals surface area contributed by atoms with Crippen molar-refractivity contribution in [3.05, 3.63) is 98.5 Å². The average Bonchev–Trinajstić information content (AvgIpc) is 3.30. The Morgan fingerprint density at radius 1 is 0.976 bits per heavy atom. The lowest BCUT2D eigenvalue weighted by Crippen LogP contribution is -2.26. The Morgan fingerprint density at radius 2 is 1.73 bits per heavy atom. The number of aryl methyl sites for hydroxylation is 1. The molecule has 0 spiro atoms. The minimum Gasteiger partial charge on any atom is -0.489 e. The number of aliphatic hydroxyl groups is 1. The molecule has 1 heterocycles. The number of hydrogen-bond donors (Lipinski definition) is 1. The summed E-state index contributed by atoms with van der Waals surface area (Å²) in [4.78, 5) is 2.21. The number of hydrogen-bond acceptors (Lipinski definition) is 3. The van der Waals surface area contributed by atoms with E-state index in [9.17, 15) is 22.7 Å². The highest BCUT2D eigenvalue weighted by Gasteiger charge is 2.39. The molecule has 0 aromatic heterocycles. The molecule has 3 nitrogen and oxygen atoms in total. The maximum atomic E-state index is 13.3. The summed E-state index contributed by atoms with van der Waals surface area (Å²) in [6.45, 7) is 2.03. The SMILES string of the molecule is O[C@@H](c1ccc2c(c1)CCCC(c1ccc(Cl)cc1Cl)=C2c1ccc(O[C@H]2CCN(CCCF)C2)cc1)C(F)(F)F. The molecule has 5 rings (SSSR count). The van der Waals surface area contributed by atoms with E-state index in [1.807, 2.05) is 30.3 Å². The summed E-state index contributed by atoms with van der Waals surface area (Å²) in [5.41, 5.74) is 4.90. The van der Waals surface area contributed by atoms with Crippen molar-refractivity contribution in [3.8, 4) is 5.75 Å². The van der Waals surface area contributed by atoms with Crippen molar-refractivity contribution < 1.29 is 27.4 Å². The van der Waals surface area contributed by atoms with Crippen LogP contribution in [0.5, 0.6) is 5.75 Å². The Balaban J connectivity index is 1.52. The number of nitrogens with zero attached hydrogens (tertiary/aromatic N) is 1. The first-order valence-electron chi connectivity index (χ1n) is 13.8. The Kier molecular flexibility index (Phi) is 9.29. The molecule has 0 bridgehead atoms. The van der Waals surface area contributed by atoms with E-state index >= 15 is 0 Å². The van der Waals surface area contributed by atoms with Crippen molar-refractivity contribution in [2.75, 3.05) is 26.3 Å². The molecule has 1 N–H and O–H groups in total. The van der Waals surface area contributed by atoms with Crippen LogP contribution in [0.15, 0.2) is 60.7 Å². The van der Waals surface area contributed by atoms with Crippen LogP contribution in [-0.4, -0.2) is 48.6 Å². The molecule has 2 aliphatic rings. The average molecular weight is 609 g/mol. The largest absolute Gasteiger partial charge is 0.489 e. The van der Waals surface area contributed by atoms with Crippen LogP contribution in [0.3, 0.4) is 0 Å². The minimum atomic E-state index is -4.75. The predicted molar refractivity (Wildman–Crippen MR) is 155 cm³/mol. The number of fused-ring (bicyclic) bond motifs is 1. The number of alkyl halides is 4. The maximum Gasteiger partial charge on any atom is 0.418 e. The van der Waals surface area contributed by atoms with Gasteiger partial charge in [-0.2, -0.15) is 13.2 Å². The van der Waals surface area contributed by atoms with E-state index in [4.69, 9.17) is 27.9 Å². The molecule has 3 aromatic rings. The van der Waals surface area contributed by atoms with Crippen LogP contribution in [0, 0.1) is 0 Å². The van der Waals surface area contributed by atoms with Crippen molar-refractivity contribution in [2.45, 2.75) is 50.5 Å². The number of rotatable bonds is 8. The van der Waals surface area contributed by atoms with Gasteiger partial charge in [0.15, 0.2) is 6.10 Å². The van der Waals surface area contributed by atoms with E-state index < -0.39 is 12.3 Å². The third-order valence-electron chi connectivity index (χ3n) is 7.74. The highest BCUT2D eigenvalue weighted by Crippen LogP contribution is 2.44. The zero-order valence-corrected chi connectivity index (χ0v) is 23.9. The zero-order chi connectivity index (χ0) is 29.1. The number of benzene rings is 3. The highest BCUT2D eigenvalue weighted by atomic mass is 35.5. The second-order valence-corrected chi connectivity index (χ2v) is 11.4. The number of halogens is 6. The fraction of sp³-hybridized carbons (Fsp3) is 0.375. The molecule has 3 aromatic carbocycles. The maximum absolute atomic E-state index is 13.3. The fourth-order valence-electron chi connectivity index (χ4n) is 5.77. The molecular formula is C32H31Cl2F4NO2. The standard InChI is InChI=1S/C32H31Cl2F4NO2/c33-23-8-12-27(29(34)18-23)28-4-1-3-21-17-22(31(40)32(36,37)38)7-11-26(21)30(28)20-5-9-24(10-6-20)41-25-13-16-39(19-25)15-2-14-35/h5-12,17-18,25,31,40H,1-4,13-16,19H2/t25-,31-/m0/s1. The van der Waals surface area contributed by atoms with Gasteiger partial charge in [-0.15, -0.1) is 0 Å². The molecule has 2 atom stereocenters. The quantitative estimate of drug-likeness (QED) is 0.260. The Hall–Kier alpha value is -2.58. The van der Waals surface area contributed by atoms with Crippen molar-refractivity contribution in [2.24, 2.45) is 0 Å². The van der Waals surface area contributed by atoms with E-state index in [2.05, 4.69) is 4.90 Å². The summed E-state index contributed by atoms with van der Waals surface area (Å²) in [7, 11) is 0. The van der Waals surface area contributed by atoms with E-state index in [0.29, 0.717) is 35.7 Å². The molecule has 1 aliphatic heterocycles. The highest BCUT2D eigenvalue weighted by molar-refractivity contribution is 6.36. The van der Waals surface area contributed by atoms with Crippen molar-refractivity contribution in [1.29, 1.82) is 0 Å². The van der Waals surface area contributed by atoms with Crippen LogP contribution in [0.1, 0.15) is 59.6 Å².